The molecule has 1 unspecified atom stereocenters. The van der Waals surface area contributed by atoms with Crippen LogP contribution in [0.4, 0.5) is 0 Å². The molecule has 0 aromatic carbocycles. The average molecular weight is 279 g/mol. The Bertz CT molecular complexity index is 430. The predicted molar refractivity (Wildman–Crippen MR) is 77.2 cm³/mol. The molecule has 20 heavy (non-hydrogen) atoms. The van der Waals surface area contributed by atoms with E-state index in [1.54, 1.807) is 0 Å². The number of nitrogens with one attached hydrogen (secondary N) is 1. The maximum absolute atomic E-state index is 12.2. The Hall–Kier alpha value is -1.36. The SMILES string of the molecule is Cc1noc(C)c1CC(=O)NC(CN)C1CCCCC1. The topological polar surface area (TPSA) is 81.2 Å². The number of hydrogen-bond donors (Lipinski definition) is 2. The van der Waals surface area contributed by atoms with Crippen molar-refractivity contribution in [3.05, 3.63) is 17.0 Å². The number of hydrogen-bond acceptors (Lipinski definition) is 4. The molecule has 2 rings (SSSR count). The first kappa shape index (κ1) is 15.0. The molecule has 1 atom stereocenters. The molecule has 0 bridgehead atoms. The zero-order valence-corrected chi connectivity index (χ0v) is 12.4. The van der Waals surface area contributed by atoms with Crippen LogP contribution in [0.25, 0.3) is 0 Å². The van der Waals surface area contributed by atoms with Gasteiger partial charge in [0, 0.05) is 18.2 Å². The van der Waals surface area contributed by atoms with E-state index in [0.717, 1.165) is 17.0 Å². The van der Waals surface area contributed by atoms with Crippen molar-refractivity contribution < 1.29 is 9.32 Å². The third-order valence-corrected chi connectivity index (χ3v) is 4.34. The van der Waals surface area contributed by atoms with Crippen molar-refractivity contribution >= 4 is 5.91 Å². The lowest BCUT2D eigenvalue weighted by atomic mass is 9.84. The number of rotatable bonds is 5. The molecule has 1 aromatic heterocycles. The van der Waals surface area contributed by atoms with Gasteiger partial charge in [0.05, 0.1) is 12.1 Å². The van der Waals surface area contributed by atoms with Crippen LogP contribution >= 0.6 is 0 Å². The van der Waals surface area contributed by atoms with Crippen LogP contribution in [0, 0.1) is 19.8 Å². The first-order chi connectivity index (χ1) is 9.61. The van der Waals surface area contributed by atoms with E-state index in [1.165, 1.54) is 32.1 Å². The molecular weight excluding hydrogens is 254 g/mol. The fourth-order valence-electron chi connectivity index (χ4n) is 3.08. The fourth-order valence-corrected chi connectivity index (χ4v) is 3.08. The van der Waals surface area contributed by atoms with Gasteiger partial charge in [-0.1, -0.05) is 24.4 Å². The van der Waals surface area contributed by atoms with Gasteiger partial charge in [0.25, 0.3) is 0 Å². The number of aromatic nitrogens is 1. The maximum atomic E-state index is 12.2. The normalized spacial score (nSPS) is 17.9. The minimum Gasteiger partial charge on any atom is -0.361 e. The summed E-state index contributed by atoms with van der Waals surface area (Å²) in [7, 11) is 0. The van der Waals surface area contributed by atoms with E-state index in [0.29, 0.717) is 18.9 Å². The number of nitrogens with two attached hydrogens (primary N) is 1. The molecule has 0 radical (unpaired) electrons. The lowest BCUT2D eigenvalue weighted by molar-refractivity contribution is -0.121. The van der Waals surface area contributed by atoms with Crippen molar-refractivity contribution in [2.45, 2.75) is 58.4 Å². The molecule has 0 aliphatic heterocycles. The highest BCUT2D eigenvalue weighted by molar-refractivity contribution is 5.79. The van der Waals surface area contributed by atoms with E-state index in [4.69, 9.17) is 10.3 Å². The highest BCUT2D eigenvalue weighted by atomic mass is 16.5. The van der Waals surface area contributed by atoms with Gasteiger partial charge in [-0.2, -0.15) is 0 Å². The molecule has 5 nitrogen and oxygen atoms in total. The van der Waals surface area contributed by atoms with Crippen molar-refractivity contribution in [3.63, 3.8) is 0 Å². The molecule has 1 saturated carbocycles. The summed E-state index contributed by atoms with van der Waals surface area (Å²) in [6, 6.07) is 0.100. The molecule has 1 heterocycles. The number of aryl methyl sites for hydroxylation is 2. The molecule has 5 heteroatoms. The molecule has 0 spiro atoms. The summed E-state index contributed by atoms with van der Waals surface area (Å²) >= 11 is 0. The molecule has 3 N–H and O–H groups in total. The number of amides is 1. The van der Waals surface area contributed by atoms with Gasteiger partial charge in [-0.05, 0) is 32.6 Å². The summed E-state index contributed by atoms with van der Waals surface area (Å²) < 4.78 is 5.09. The zero-order valence-electron chi connectivity index (χ0n) is 12.4. The van der Waals surface area contributed by atoms with Gasteiger partial charge in [-0.3, -0.25) is 4.79 Å². The van der Waals surface area contributed by atoms with Crippen molar-refractivity contribution in [1.29, 1.82) is 0 Å². The van der Waals surface area contributed by atoms with E-state index in [1.807, 2.05) is 13.8 Å². The van der Waals surface area contributed by atoms with Crippen molar-refractivity contribution in [3.8, 4) is 0 Å². The van der Waals surface area contributed by atoms with Gasteiger partial charge >= 0.3 is 0 Å². The standard InChI is InChI=1S/C15H25N3O2/c1-10-13(11(2)20-18-10)8-15(19)17-14(9-16)12-6-4-3-5-7-12/h12,14H,3-9,16H2,1-2H3,(H,17,19). The Kier molecular flexibility index (Phi) is 5.17. The van der Waals surface area contributed by atoms with E-state index in [2.05, 4.69) is 10.5 Å². The Morgan fingerprint density at radius 3 is 2.65 bits per heavy atom. The van der Waals surface area contributed by atoms with Crippen LogP contribution in [0.2, 0.25) is 0 Å². The quantitative estimate of drug-likeness (QED) is 0.862. The molecule has 112 valence electrons. The number of nitrogens with zero attached hydrogens (tertiary/aromatic N) is 1. The summed E-state index contributed by atoms with van der Waals surface area (Å²) in [4.78, 5) is 12.2. The van der Waals surface area contributed by atoms with Gasteiger partial charge in [-0.25, -0.2) is 0 Å². The fraction of sp³-hybridized carbons (Fsp3) is 0.733. The highest BCUT2D eigenvalue weighted by Gasteiger charge is 2.24. The minimum absolute atomic E-state index is 0.0143. The highest BCUT2D eigenvalue weighted by Crippen LogP contribution is 2.26. The largest absolute Gasteiger partial charge is 0.361 e. The van der Waals surface area contributed by atoms with Crippen LogP contribution in [-0.2, 0) is 11.2 Å². The van der Waals surface area contributed by atoms with Gasteiger partial charge in [0.15, 0.2) is 0 Å². The summed E-state index contributed by atoms with van der Waals surface area (Å²) in [5.41, 5.74) is 7.52. The second-order valence-electron chi connectivity index (χ2n) is 5.79. The maximum Gasteiger partial charge on any atom is 0.224 e. The van der Waals surface area contributed by atoms with Crippen LogP contribution in [0.5, 0.6) is 0 Å². The summed E-state index contributed by atoms with van der Waals surface area (Å²) in [6.45, 7) is 4.21. The Labute approximate surface area is 120 Å². The van der Waals surface area contributed by atoms with Gasteiger partial charge in [-0.15, -0.1) is 0 Å². The molecule has 1 aromatic rings. The van der Waals surface area contributed by atoms with Crippen molar-refractivity contribution in [1.82, 2.24) is 10.5 Å². The molecular formula is C15H25N3O2. The zero-order chi connectivity index (χ0) is 14.5. The van der Waals surface area contributed by atoms with Crippen LogP contribution in [0.1, 0.15) is 49.1 Å². The minimum atomic E-state index is 0.0143. The number of carbonyl (C=O) groups excluding carboxylic acids is 1. The summed E-state index contributed by atoms with van der Waals surface area (Å²) in [5.74, 6) is 1.27. The van der Waals surface area contributed by atoms with Crippen LogP contribution < -0.4 is 11.1 Å². The second kappa shape index (κ2) is 6.88. The Morgan fingerprint density at radius 1 is 1.40 bits per heavy atom. The molecule has 0 saturated heterocycles. The van der Waals surface area contributed by atoms with Gasteiger partial charge < -0.3 is 15.6 Å². The van der Waals surface area contributed by atoms with Crippen LogP contribution in [0.3, 0.4) is 0 Å². The smallest absolute Gasteiger partial charge is 0.224 e. The van der Waals surface area contributed by atoms with Crippen molar-refractivity contribution in [2.75, 3.05) is 6.54 Å². The van der Waals surface area contributed by atoms with Crippen LogP contribution in [-0.4, -0.2) is 23.7 Å². The molecule has 1 fully saturated rings. The first-order valence-electron chi connectivity index (χ1n) is 7.53. The lowest BCUT2D eigenvalue weighted by Gasteiger charge is -2.30. The lowest BCUT2D eigenvalue weighted by Crippen LogP contribution is -2.46. The van der Waals surface area contributed by atoms with E-state index >= 15 is 0 Å². The monoisotopic (exact) mass is 279 g/mol. The first-order valence-corrected chi connectivity index (χ1v) is 7.53. The molecule has 1 aliphatic carbocycles. The van der Waals surface area contributed by atoms with Gasteiger partial charge in [0.2, 0.25) is 5.91 Å². The Balaban J connectivity index is 1.92. The molecule has 1 amide bonds. The van der Waals surface area contributed by atoms with Crippen molar-refractivity contribution in [2.24, 2.45) is 11.7 Å². The average Bonchev–Trinajstić information content (AvgIpc) is 2.77. The second-order valence-corrected chi connectivity index (χ2v) is 5.79. The third kappa shape index (κ3) is 3.60. The molecule has 1 aliphatic rings. The summed E-state index contributed by atoms with van der Waals surface area (Å²) in [5, 5.41) is 6.97. The number of carbonyl (C=O) groups is 1. The van der Waals surface area contributed by atoms with E-state index in [-0.39, 0.29) is 11.9 Å². The summed E-state index contributed by atoms with van der Waals surface area (Å²) in [6.07, 6.45) is 6.48. The van der Waals surface area contributed by atoms with Gasteiger partial charge in [0.1, 0.15) is 5.76 Å². The van der Waals surface area contributed by atoms with E-state index in [9.17, 15) is 4.79 Å². The predicted octanol–water partition coefficient (Wildman–Crippen LogP) is 1.86. The van der Waals surface area contributed by atoms with Crippen LogP contribution in [0.15, 0.2) is 4.52 Å². The van der Waals surface area contributed by atoms with E-state index < -0.39 is 0 Å². The Morgan fingerprint density at radius 2 is 2.10 bits per heavy atom. The third-order valence-electron chi connectivity index (χ3n) is 4.34.